The molecule has 3 aliphatic rings. The second kappa shape index (κ2) is 26.5. The third-order valence-electron chi connectivity index (χ3n) is 13.9. The smallest absolute Gasteiger partial charge is 0.407 e. The Bertz CT molecular complexity index is 2770. The lowest BCUT2D eigenvalue weighted by atomic mass is 9.81. The van der Waals surface area contributed by atoms with Gasteiger partial charge in [0.2, 0.25) is 17.7 Å². The Morgan fingerprint density at radius 1 is 0.662 bits per heavy atom. The van der Waals surface area contributed by atoms with E-state index in [2.05, 4.69) is 25.9 Å². The molecule has 2 aromatic carbocycles. The highest BCUT2D eigenvalue weighted by Gasteiger charge is 2.48. The Morgan fingerprint density at radius 2 is 1.10 bits per heavy atom. The summed E-state index contributed by atoms with van der Waals surface area (Å²) in [5.41, 5.74) is 1.87. The Balaban J connectivity index is 0.917. The van der Waals surface area contributed by atoms with Gasteiger partial charge in [0.15, 0.2) is 0 Å². The Labute approximate surface area is 460 Å². The molecule has 2 aliphatic heterocycles. The molecule has 2 aromatic heterocycles. The molecule has 424 valence electrons. The molecule has 1 saturated carbocycles. The maximum Gasteiger partial charge on any atom is 0.407 e. The average Bonchev–Trinajstić information content (AvgIpc) is 3.95. The van der Waals surface area contributed by atoms with Crippen molar-refractivity contribution in [2.24, 2.45) is 11.8 Å². The van der Waals surface area contributed by atoms with Crippen molar-refractivity contribution in [2.45, 2.75) is 102 Å². The summed E-state index contributed by atoms with van der Waals surface area (Å²) in [5.74, 6) is -8.18. The third kappa shape index (κ3) is 16.4. The van der Waals surface area contributed by atoms with Crippen molar-refractivity contribution in [1.82, 2.24) is 40.6 Å². The van der Waals surface area contributed by atoms with Crippen LogP contribution in [0.15, 0.2) is 85.5 Å². The minimum Gasteiger partial charge on any atom is -0.494 e. The fourth-order valence-electron chi connectivity index (χ4n) is 9.84. The number of nitrogens with one attached hydrogen (secondary N) is 3. The molecule has 2 saturated heterocycles. The van der Waals surface area contributed by atoms with Crippen molar-refractivity contribution in [1.29, 1.82) is 10.5 Å². The van der Waals surface area contributed by atoms with Gasteiger partial charge in [0.25, 0.3) is 23.7 Å². The molecule has 80 heavy (non-hydrogen) atoms. The highest BCUT2D eigenvalue weighted by Crippen LogP contribution is 2.34. The van der Waals surface area contributed by atoms with Crippen LogP contribution in [-0.2, 0) is 19.1 Å². The maximum atomic E-state index is 14.2. The number of rotatable bonds is 21. The summed E-state index contributed by atoms with van der Waals surface area (Å²) >= 11 is 0. The molecule has 0 unspecified atom stereocenters. The molecule has 1 aliphatic carbocycles. The lowest BCUT2D eigenvalue weighted by molar-refractivity contribution is -0.137. The molecule has 0 bridgehead atoms. The van der Waals surface area contributed by atoms with Crippen LogP contribution in [0.25, 0.3) is 22.3 Å². The molecule has 7 rings (SSSR count). The van der Waals surface area contributed by atoms with Crippen LogP contribution in [0.1, 0.15) is 92.9 Å². The van der Waals surface area contributed by atoms with Crippen molar-refractivity contribution in [3.05, 3.63) is 96.6 Å². The van der Waals surface area contributed by atoms with Crippen molar-refractivity contribution in [3.8, 4) is 45.9 Å². The number of nitrogens with zero attached hydrogens (tertiary/aromatic N) is 7. The van der Waals surface area contributed by atoms with Crippen molar-refractivity contribution in [3.63, 3.8) is 0 Å². The standard InChI is InChI=1S/C57H64F4N10O9/c1-55(2,3)80-54(77)68-30-37-6-8-40(9-7-37)53(76)69(22-4-24-78-43-14-10-38(11-15-43)47-31-64-20-18-45(47)51(74)66-33-49(72)70-35-56(58,59)26-41(70)28-62)23-5-25-79-44-16-12-39(13-17-44)48-32-65-21-19-46(48)52(75)67-34-50(73)71-36-57(60,61)27-42(71)29-63/h10-21,31-32,37,40-42H,4-9,22-27,30,33-36H2,1-3H3,(H,66,74)(H,67,75)(H,68,77)/t37?,40?,41-,42-/m0/s1. The molecule has 4 heterocycles. The highest BCUT2D eigenvalue weighted by atomic mass is 19.3. The van der Waals surface area contributed by atoms with Crippen LogP contribution in [0.2, 0.25) is 0 Å². The van der Waals surface area contributed by atoms with Crippen LogP contribution in [0.3, 0.4) is 0 Å². The number of carbonyl (C=O) groups is 6. The monoisotopic (exact) mass is 1110 g/mol. The summed E-state index contributed by atoms with van der Waals surface area (Å²) in [6, 6.07) is 17.6. The Hall–Kier alpha value is -8.34. The van der Waals surface area contributed by atoms with Crippen LogP contribution in [0.5, 0.6) is 11.5 Å². The molecule has 23 heteroatoms. The number of halogens is 4. The van der Waals surface area contributed by atoms with Gasteiger partial charge in [-0.2, -0.15) is 10.5 Å². The summed E-state index contributed by atoms with van der Waals surface area (Å²) < 4.78 is 73.3. The summed E-state index contributed by atoms with van der Waals surface area (Å²) in [5, 5.41) is 26.4. The van der Waals surface area contributed by atoms with Gasteiger partial charge in [-0.3, -0.25) is 33.9 Å². The summed E-state index contributed by atoms with van der Waals surface area (Å²) in [6.07, 6.45) is 7.59. The zero-order chi connectivity index (χ0) is 57.6. The molecule has 6 amide bonds. The Morgan fingerprint density at radius 3 is 1.51 bits per heavy atom. The number of aromatic nitrogens is 2. The first-order chi connectivity index (χ1) is 38.1. The topological polar surface area (TPSA) is 249 Å². The third-order valence-corrected chi connectivity index (χ3v) is 13.9. The first kappa shape index (κ1) is 59.3. The van der Waals surface area contributed by atoms with Gasteiger partial charge in [-0.15, -0.1) is 0 Å². The summed E-state index contributed by atoms with van der Waals surface area (Å²) in [6.45, 7) is 4.21. The number of amides is 6. The van der Waals surface area contributed by atoms with Gasteiger partial charge in [-0.25, -0.2) is 22.4 Å². The second-order valence-electron chi connectivity index (χ2n) is 21.0. The van der Waals surface area contributed by atoms with Crippen LogP contribution in [-0.4, -0.2) is 149 Å². The summed E-state index contributed by atoms with van der Waals surface area (Å²) in [4.78, 5) is 90.1. The van der Waals surface area contributed by atoms with E-state index in [1.807, 2.05) is 4.90 Å². The van der Waals surface area contributed by atoms with Gasteiger partial charge in [0, 0.05) is 74.3 Å². The molecule has 0 spiro atoms. The van der Waals surface area contributed by atoms with E-state index >= 15 is 0 Å². The minimum absolute atomic E-state index is 0.0199. The first-order valence-electron chi connectivity index (χ1n) is 26.4. The first-order valence-corrected chi connectivity index (χ1v) is 26.4. The molecule has 19 nitrogen and oxygen atoms in total. The van der Waals surface area contributed by atoms with Gasteiger partial charge < -0.3 is 44.9 Å². The van der Waals surface area contributed by atoms with E-state index in [1.54, 1.807) is 81.4 Å². The van der Waals surface area contributed by atoms with Crippen LogP contribution in [0, 0.1) is 34.5 Å². The fraction of sp³-hybridized carbons (Fsp3) is 0.474. The van der Waals surface area contributed by atoms with Gasteiger partial charge in [-0.1, -0.05) is 24.3 Å². The molecule has 4 aromatic rings. The average molecular weight is 1110 g/mol. The molecule has 0 radical (unpaired) electrons. The number of alkyl halides is 4. The normalized spacial score (nSPS) is 19.2. The zero-order valence-electron chi connectivity index (χ0n) is 44.7. The number of carbonyl (C=O) groups excluding carboxylic acids is 6. The van der Waals surface area contributed by atoms with Gasteiger partial charge in [0.05, 0.1) is 62.7 Å². The number of benzene rings is 2. The van der Waals surface area contributed by atoms with Gasteiger partial charge >= 0.3 is 6.09 Å². The lowest BCUT2D eigenvalue weighted by Crippen LogP contribution is -2.43. The minimum atomic E-state index is -3.19. The number of pyridine rings is 2. The molecule has 3 fully saturated rings. The van der Waals surface area contributed by atoms with Gasteiger partial charge in [0.1, 0.15) is 29.2 Å². The van der Waals surface area contributed by atoms with E-state index in [4.69, 9.17) is 14.2 Å². The Kier molecular flexibility index (Phi) is 19.7. The predicted molar refractivity (Wildman–Crippen MR) is 282 cm³/mol. The highest BCUT2D eigenvalue weighted by molar-refractivity contribution is 6.03. The zero-order valence-corrected chi connectivity index (χ0v) is 44.7. The number of hydrogen-bond acceptors (Lipinski definition) is 13. The fourth-order valence-corrected chi connectivity index (χ4v) is 9.84. The molecule has 2 atom stereocenters. The van der Waals surface area contributed by atoms with E-state index < -0.39 is 98.3 Å². The van der Waals surface area contributed by atoms with E-state index in [1.165, 1.54) is 36.9 Å². The van der Waals surface area contributed by atoms with E-state index in [0.717, 1.165) is 22.6 Å². The number of ether oxygens (including phenoxy) is 3. The molecular weight excluding hydrogens is 1040 g/mol. The number of alkyl carbamates (subject to hydrolysis) is 1. The van der Waals surface area contributed by atoms with Crippen LogP contribution < -0.4 is 25.4 Å². The van der Waals surface area contributed by atoms with Gasteiger partial charge in [-0.05, 0) is 113 Å². The SMILES string of the molecule is CC(C)(C)OC(=O)NCC1CCC(C(=O)N(CCCOc2ccc(-c3cnccc3C(=O)NCC(=O)N3CC(F)(F)C[C@H]3C#N)cc2)CCCOc2ccc(-c3cnccc3C(=O)NCC(=O)N3CC(F)(F)C[C@H]3C#N)cc2)CC1. The predicted octanol–water partition coefficient (Wildman–Crippen LogP) is 7.19. The maximum absolute atomic E-state index is 14.2. The second-order valence-corrected chi connectivity index (χ2v) is 21.0. The lowest BCUT2D eigenvalue weighted by Gasteiger charge is -2.32. The summed E-state index contributed by atoms with van der Waals surface area (Å²) in [7, 11) is 0. The molecular formula is C57H64F4N10O9. The van der Waals surface area contributed by atoms with Crippen LogP contribution >= 0.6 is 0 Å². The number of nitriles is 2. The molecule has 3 N–H and O–H groups in total. The van der Waals surface area contributed by atoms with Crippen molar-refractivity contribution < 1.29 is 60.5 Å². The van der Waals surface area contributed by atoms with Crippen molar-refractivity contribution in [2.75, 3.05) is 59.0 Å². The van der Waals surface area contributed by atoms with E-state index in [0.29, 0.717) is 79.1 Å². The van der Waals surface area contributed by atoms with Crippen LogP contribution in [0.4, 0.5) is 22.4 Å². The quantitative estimate of drug-likeness (QED) is 0.0553. The van der Waals surface area contributed by atoms with Crippen molar-refractivity contribution >= 4 is 35.6 Å². The number of likely N-dealkylation sites (tertiary alicyclic amines) is 2. The number of hydrogen-bond donors (Lipinski definition) is 3. The van der Waals surface area contributed by atoms with E-state index in [9.17, 15) is 56.9 Å². The van der Waals surface area contributed by atoms with E-state index in [-0.39, 0.29) is 42.1 Å². The largest absolute Gasteiger partial charge is 0.494 e.